The highest BCUT2D eigenvalue weighted by Gasteiger charge is 2.29. The molecule has 1 amide bonds. The van der Waals surface area contributed by atoms with E-state index in [1.54, 1.807) is 0 Å². The van der Waals surface area contributed by atoms with Crippen LogP contribution in [0.25, 0.3) is 17.0 Å². The average Bonchev–Trinajstić information content (AvgIpc) is 3.04. The summed E-state index contributed by atoms with van der Waals surface area (Å²) in [5, 5.41) is 3.79. The number of carbonyl (C=O) groups is 1. The molecule has 0 bridgehead atoms. The summed E-state index contributed by atoms with van der Waals surface area (Å²) in [6.45, 7) is 5.78. The lowest BCUT2D eigenvalue weighted by Crippen LogP contribution is -2.26. The number of para-hydroxylation sites is 1. The Morgan fingerprint density at radius 1 is 1.17 bits per heavy atom. The summed E-state index contributed by atoms with van der Waals surface area (Å²) >= 11 is 0. The Morgan fingerprint density at radius 2 is 1.86 bits per heavy atom. The molecule has 2 aromatic carbocycles. The fourth-order valence-electron chi connectivity index (χ4n) is 3.02. The van der Waals surface area contributed by atoms with Crippen LogP contribution in [0.15, 0.2) is 59.1 Å². The van der Waals surface area contributed by atoms with Crippen LogP contribution in [0.2, 0.25) is 0 Å². The predicted molar refractivity (Wildman–Crippen MR) is 109 cm³/mol. The van der Waals surface area contributed by atoms with Crippen molar-refractivity contribution in [3.63, 3.8) is 0 Å². The number of hydrogen-bond acceptors (Lipinski definition) is 2. The summed E-state index contributed by atoms with van der Waals surface area (Å²) in [5.74, 6) is 0.389. The van der Waals surface area contributed by atoms with Crippen LogP contribution in [-0.4, -0.2) is 24.2 Å². The number of alkyl halides is 3. The van der Waals surface area contributed by atoms with Gasteiger partial charge in [0.15, 0.2) is 0 Å². The van der Waals surface area contributed by atoms with E-state index >= 15 is 0 Å². The number of fused-ring (bicyclic) bond motifs is 1. The van der Waals surface area contributed by atoms with Gasteiger partial charge in [-0.1, -0.05) is 35.9 Å². The van der Waals surface area contributed by atoms with E-state index in [9.17, 15) is 18.0 Å². The van der Waals surface area contributed by atoms with Crippen LogP contribution in [0.4, 0.5) is 19.0 Å². The van der Waals surface area contributed by atoms with E-state index in [0.29, 0.717) is 17.9 Å². The van der Waals surface area contributed by atoms with Gasteiger partial charge in [-0.05, 0) is 43.5 Å². The smallest absolute Gasteiger partial charge is 0.352 e. The molecule has 0 atom stereocenters. The van der Waals surface area contributed by atoms with E-state index in [1.807, 2.05) is 37.3 Å². The fraction of sp³-hybridized carbons (Fsp3) is 0.182. The molecule has 3 rings (SSSR count). The molecule has 0 saturated carbocycles. The minimum atomic E-state index is -4.38. The number of hydrogen-bond donors (Lipinski definition) is 2. The third-order valence-corrected chi connectivity index (χ3v) is 4.48. The molecule has 0 fully saturated rings. The van der Waals surface area contributed by atoms with E-state index < -0.39 is 11.7 Å². The Bertz CT molecular complexity index is 1060. The second-order valence-electron chi connectivity index (χ2n) is 6.73. The van der Waals surface area contributed by atoms with Gasteiger partial charge in [0.1, 0.15) is 5.82 Å². The zero-order valence-corrected chi connectivity index (χ0v) is 15.8. The number of nitrogens with one attached hydrogen (secondary N) is 2. The second-order valence-corrected chi connectivity index (χ2v) is 6.73. The van der Waals surface area contributed by atoms with Crippen molar-refractivity contribution in [3.8, 4) is 0 Å². The molecule has 0 aliphatic heterocycles. The number of carbonyl (C=O) groups excluding carboxylic acids is 1. The Labute approximate surface area is 166 Å². The van der Waals surface area contributed by atoms with Crippen molar-refractivity contribution < 1.29 is 18.0 Å². The van der Waals surface area contributed by atoms with E-state index in [1.165, 1.54) is 12.1 Å². The van der Waals surface area contributed by atoms with Crippen molar-refractivity contribution in [2.24, 2.45) is 4.99 Å². The number of rotatable bonds is 6. The van der Waals surface area contributed by atoms with Crippen molar-refractivity contribution in [1.29, 1.82) is 0 Å². The normalized spacial score (nSPS) is 12.2. The first kappa shape index (κ1) is 20.4. The summed E-state index contributed by atoms with van der Waals surface area (Å²) in [6.07, 6.45) is -2.44. The summed E-state index contributed by atoms with van der Waals surface area (Å²) in [5.41, 5.74) is 2.53. The highest BCUT2D eigenvalue weighted by atomic mass is 19.4. The van der Waals surface area contributed by atoms with Gasteiger partial charge in [-0.3, -0.25) is 4.79 Å². The van der Waals surface area contributed by atoms with Gasteiger partial charge in [0.05, 0.1) is 12.0 Å². The maximum absolute atomic E-state index is 12.6. The van der Waals surface area contributed by atoms with Crippen LogP contribution < -0.4 is 5.32 Å². The van der Waals surface area contributed by atoms with Crippen LogP contribution in [0, 0.1) is 0 Å². The topological polar surface area (TPSA) is 57.2 Å². The van der Waals surface area contributed by atoms with Crippen molar-refractivity contribution >= 4 is 35.4 Å². The predicted octanol–water partition coefficient (Wildman–Crippen LogP) is 5.28. The van der Waals surface area contributed by atoms with Gasteiger partial charge in [0.25, 0.3) is 0 Å². The molecule has 7 heteroatoms. The van der Waals surface area contributed by atoms with Gasteiger partial charge in [0.2, 0.25) is 5.91 Å². The third-order valence-electron chi connectivity index (χ3n) is 4.48. The molecule has 29 heavy (non-hydrogen) atoms. The Kier molecular flexibility index (Phi) is 5.87. The number of amides is 1. The molecule has 1 heterocycles. The van der Waals surface area contributed by atoms with Crippen LogP contribution >= 0.6 is 0 Å². The van der Waals surface area contributed by atoms with Gasteiger partial charge in [-0.15, -0.1) is 0 Å². The maximum atomic E-state index is 12.6. The number of benzene rings is 2. The highest BCUT2D eigenvalue weighted by molar-refractivity contribution is 5.95. The van der Waals surface area contributed by atoms with E-state index in [-0.39, 0.29) is 12.3 Å². The quantitative estimate of drug-likeness (QED) is 0.545. The molecular formula is C22H20F3N3O. The SMILES string of the molecule is C=Nc1[nH]c2ccccc2c1/C=C(\C)CNC(=O)Cc1ccc(C(F)(F)F)cc1. The molecule has 0 saturated heterocycles. The zero-order chi connectivity index (χ0) is 21.0. The number of H-pyrrole nitrogens is 1. The molecule has 0 aliphatic carbocycles. The first-order valence-electron chi connectivity index (χ1n) is 8.95. The average molecular weight is 399 g/mol. The van der Waals surface area contributed by atoms with Crippen molar-refractivity contribution in [3.05, 3.63) is 70.8 Å². The Morgan fingerprint density at radius 3 is 2.52 bits per heavy atom. The number of nitrogens with zero attached hydrogens (tertiary/aromatic N) is 1. The number of aliphatic imine (C=N–C) groups is 1. The van der Waals surface area contributed by atoms with E-state index in [2.05, 4.69) is 22.0 Å². The molecular weight excluding hydrogens is 379 g/mol. The second kappa shape index (κ2) is 8.34. The lowest BCUT2D eigenvalue weighted by Gasteiger charge is -2.08. The summed E-state index contributed by atoms with van der Waals surface area (Å²) in [6, 6.07) is 12.4. The minimum absolute atomic E-state index is 0.0119. The van der Waals surface area contributed by atoms with Gasteiger partial charge < -0.3 is 10.3 Å². The van der Waals surface area contributed by atoms with Gasteiger partial charge in [-0.2, -0.15) is 13.2 Å². The molecule has 150 valence electrons. The molecule has 3 aromatic rings. The monoisotopic (exact) mass is 399 g/mol. The first-order chi connectivity index (χ1) is 13.8. The van der Waals surface area contributed by atoms with E-state index in [0.717, 1.165) is 34.2 Å². The molecule has 0 radical (unpaired) electrons. The molecule has 2 N–H and O–H groups in total. The van der Waals surface area contributed by atoms with Crippen LogP contribution in [0.5, 0.6) is 0 Å². The first-order valence-corrected chi connectivity index (χ1v) is 8.95. The standard InChI is InChI=1S/C22H20F3N3O/c1-14(11-18-17-5-3-4-6-19(17)28-21(18)26-2)13-27-20(29)12-15-7-9-16(10-8-15)22(23,24)25/h3-11,28H,2,12-13H2,1H3,(H,27,29)/b14-11+. The molecule has 1 aromatic heterocycles. The maximum Gasteiger partial charge on any atom is 0.416 e. The Hall–Kier alpha value is -3.35. The summed E-state index contributed by atoms with van der Waals surface area (Å²) in [7, 11) is 0. The summed E-state index contributed by atoms with van der Waals surface area (Å²) < 4.78 is 37.8. The molecule has 0 spiro atoms. The number of halogens is 3. The summed E-state index contributed by atoms with van der Waals surface area (Å²) in [4.78, 5) is 19.4. The van der Waals surface area contributed by atoms with Crippen LogP contribution in [-0.2, 0) is 17.4 Å². The van der Waals surface area contributed by atoms with Crippen molar-refractivity contribution in [2.75, 3.05) is 6.54 Å². The number of aromatic nitrogens is 1. The van der Waals surface area contributed by atoms with Gasteiger partial charge in [0, 0.05) is 23.0 Å². The largest absolute Gasteiger partial charge is 0.416 e. The van der Waals surface area contributed by atoms with Crippen molar-refractivity contribution in [2.45, 2.75) is 19.5 Å². The number of aromatic amines is 1. The van der Waals surface area contributed by atoms with Gasteiger partial charge in [-0.25, -0.2) is 4.99 Å². The Balaban J connectivity index is 1.64. The van der Waals surface area contributed by atoms with Crippen LogP contribution in [0.1, 0.15) is 23.6 Å². The lowest BCUT2D eigenvalue weighted by molar-refractivity contribution is -0.137. The van der Waals surface area contributed by atoms with E-state index in [4.69, 9.17) is 0 Å². The zero-order valence-electron chi connectivity index (χ0n) is 15.8. The lowest BCUT2D eigenvalue weighted by atomic mass is 10.1. The fourth-order valence-corrected chi connectivity index (χ4v) is 3.02. The van der Waals surface area contributed by atoms with Crippen LogP contribution in [0.3, 0.4) is 0 Å². The molecule has 0 aliphatic rings. The molecule has 0 unspecified atom stereocenters. The third kappa shape index (κ3) is 4.93. The highest BCUT2D eigenvalue weighted by Crippen LogP contribution is 2.30. The van der Waals surface area contributed by atoms with Crippen molar-refractivity contribution in [1.82, 2.24) is 10.3 Å². The van der Waals surface area contributed by atoms with Gasteiger partial charge >= 0.3 is 6.18 Å². The molecule has 4 nitrogen and oxygen atoms in total. The minimum Gasteiger partial charge on any atom is -0.352 e.